The van der Waals surface area contributed by atoms with Crippen LogP contribution in [0.5, 0.6) is 11.5 Å². The fraction of sp³-hybridized carbons (Fsp3) is 0.208. The van der Waals surface area contributed by atoms with Gasteiger partial charge in [0.1, 0.15) is 16.4 Å². The lowest BCUT2D eigenvalue weighted by atomic mass is 10.1. The minimum Gasteiger partial charge on any atom is -0.496 e. The van der Waals surface area contributed by atoms with Gasteiger partial charge >= 0.3 is 0 Å². The average Bonchev–Trinajstić information content (AvgIpc) is 2.79. The summed E-state index contributed by atoms with van der Waals surface area (Å²) in [6, 6.07) is 18.3. The fourth-order valence-electron chi connectivity index (χ4n) is 3.24. The molecule has 7 nitrogen and oxygen atoms in total. The zero-order valence-corrected chi connectivity index (χ0v) is 19.2. The number of para-hydroxylation sites is 1. The predicted molar refractivity (Wildman–Crippen MR) is 124 cm³/mol. The molecule has 2 N–H and O–H groups in total. The van der Waals surface area contributed by atoms with Crippen LogP contribution in [0.25, 0.3) is 0 Å². The third-order valence-corrected chi connectivity index (χ3v) is 6.37. The van der Waals surface area contributed by atoms with Gasteiger partial charge in [-0.25, -0.2) is 8.42 Å². The number of carbonyl (C=O) groups is 1. The van der Waals surface area contributed by atoms with E-state index in [0.717, 1.165) is 11.1 Å². The van der Waals surface area contributed by atoms with Gasteiger partial charge in [0.05, 0.1) is 20.3 Å². The number of aryl methyl sites for hydroxylation is 1. The van der Waals surface area contributed by atoms with Crippen molar-refractivity contribution in [3.8, 4) is 11.5 Å². The Morgan fingerprint density at radius 1 is 0.906 bits per heavy atom. The third kappa shape index (κ3) is 5.20. The Bertz CT molecular complexity index is 1210. The number of methoxy groups -OCH3 is 2. The van der Waals surface area contributed by atoms with Crippen molar-refractivity contribution in [1.29, 1.82) is 0 Å². The maximum Gasteiger partial charge on any atom is 0.265 e. The molecule has 0 aliphatic rings. The molecule has 3 rings (SSSR count). The molecule has 1 unspecified atom stereocenters. The summed E-state index contributed by atoms with van der Waals surface area (Å²) >= 11 is 0. The van der Waals surface area contributed by atoms with Crippen molar-refractivity contribution in [2.75, 3.05) is 18.9 Å². The molecule has 0 fully saturated rings. The number of carbonyl (C=O) groups excluding carboxylic acids is 1. The fourth-order valence-corrected chi connectivity index (χ4v) is 4.50. The van der Waals surface area contributed by atoms with Crippen LogP contribution in [-0.2, 0) is 10.0 Å². The molecule has 0 bridgehead atoms. The summed E-state index contributed by atoms with van der Waals surface area (Å²) in [5.74, 6) is 0.373. The van der Waals surface area contributed by atoms with Gasteiger partial charge < -0.3 is 14.8 Å². The van der Waals surface area contributed by atoms with Crippen LogP contribution in [0.15, 0.2) is 71.6 Å². The Hall–Kier alpha value is -3.52. The molecule has 3 aromatic rings. The number of benzene rings is 3. The van der Waals surface area contributed by atoms with E-state index in [0.29, 0.717) is 11.4 Å². The number of hydrogen-bond donors (Lipinski definition) is 2. The van der Waals surface area contributed by atoms with E-state index in [-0.39, 0.29) is 22.3 Å². The zero-order valence-electron chi connectivity index (χ0n) is 18.4. The molecule has 8 heteroatoms. The zero-order chi connectivity index (χ0) is 23.3. The maximum atomic E-state index is 13.0. The van der Waals surface area contributed by atoms with Gasteiger partial charge in [-0.3, -0.25) is 9.52 Å². The van der Waals surface area contributed by atoms with Gasteiger partial charge in [-0.15, -0.1) is 0 Å². The number of hydrogen-bond acceptors (Lipinski definition) is 5. The summed E-state index contributed by atoms with van der Waals surface area (Å²) in [6.45, 7) is 3.74. The lowest BCUT2D eigenvalue weighted by molar-refractivity contribution is 0.0939. The van der Waals surface area contributed by atoms with E-state index >= 15 is 0 Å². The highest BCUT2D eigenvalue weighted by Gasteiger charge is 2.23. The van der Waals surface area contributed by atoms with Crippen molar-refractivity contribution in [3.05, 3.63) is 83.4 Å². The molecule has 0 radical (unpaired) electrons. The van der Waals surface area contributed by atoms with Gasteiger partial charge in [-0.2, -0.15) is 0 Å². The molecule has 0 saturated heterocycles. The van der Waals surface area contributed by atoms with Gasteiger partial charge in [0, 0.05) is 16.8 Å². The summed E-state index contributed by atoms with van der Waals surface area (Å²) in [7, 11) is -1.05. The first kappa shape index (κ1) is 23.1. The highest BCUT2D eigenvalue weighted by molar-refractivity contribution is 7.92. The molecule has 3 aromatic carbocycles. The van der Waals surface area contributed by atoms with Gasteiger partial charge in [-0.1, -0.05) is 35.9 Å². The van der Waals surface area contributed by atoms with Gasteiger partial charge in [0.2, 0.25) is 0 Å². The molecular formula is C24H26N2O5S. The number of nitrogens with one attached hydrogen (secondary N) is 2. The number of amides is 1. The first-order valence-electron chi connectivity index (χ1n) is 9.96. The van der Waals surface area contributed by atoms with Gasteiger partial charge in [0.15, 0.2) is 0 Å². The number of rotatable bonds is 8. The van der Waals surface area contributed by atoms with Crippen LogP contribution in [0, 0.1) is 6.92 Å². The smallest absolute Gasteiger partial charge is 0.265 e. The Kier molecular flexibility index (Phi) is 7.05. The molecular weight excluding hydrogens is 428 g/mol. The Labute approximate surface area is 188 Å². The molecule has 0 aromatic heterocycles. The monoisotopic (exact) mass is 454 g/mol. The van der Waals surface area contributed by atoms with Crippen LogP contribution in [0.4, 0.5) is 5.69 Å². The molecule has 32 heavy (non-hydrogen) atoms. The SMILES string of the molecule is COc1ccccc1C(C)NC(=O)c1ccc(OC)c(S(=O)(=O)Nc2ccc(C)cc2)c1. The van der Waals surface area contributed by atoms with Crippen molar-refractivity contribution in [2.45, 2.75) is 24.8 Å². The maximum absolute atomic E-state index is 13.0. The summed E-state index contributed by atoms with van der Waals surface area (Å²) < 4.78 is 39.2. The predicted octanol–water partition coefficient (Wildman–Crippen LogP) is 4.30. The molecule has 0 heterocycles. The highest BCUT2D eigenvalue weighted by atomic mass is 32.2. The summed E-state index contributed by atoms with van der Waals surface area (Å²) in [5, 5.41) is 2.88. The van der Waals surface area contributed by atoms with E-state index in [1.807, 2.05) is 38.1 Å². The number of ether oxygens (including phenoxy) is 2. The normalized spacial score (nSPS) is 12.0. The van der Waals surface area contributed by atoms with Gasteiger partial charge in [-0.05, 0) is 50.2 Å². The van der Waals surface area contributed by atoms with Crippen molar-refractivity contribution in [1.82, 2.24) is 5.32 Å². The van der Waals surface area contributed by atoms with E-state index in [9.17, 15) is 13.2 Å². The minimum absolute atomic E-state index is 0.127. The minimum atomic E-state index is -3.99. The van der Waals surface area contributed by atoms with Crippen molar-refractivity contribution < 1.29 is 22.7 Å². The average molecular weight is 455 g/mol. The van der Waals surface area contributed by atoms with Crippen LogP contribution in [0.2, 0.25) is 0 Å². The molecule has 0 spiro atoms. The second-order valence-corrected chi connectivity index (χ2v) is 8.93. The van der Waals surface area contributed by atoms with Crippen LogP contribution < -0.4 is 19.5 Å². The van der Waals surface area contributed by atoms with E-state index in [4.69, 9.17) is 9.47 Å². The molecule has 0 aliphatic carbocycles. The first-order valence-corrected chi connectivity index (χ1v) is 11.4. The first-order chi connectivity index (χ1) is 15.2. The van der Waals surface area contributed by atoms with E-state index in [2.05, 4.69) is 10.0 Å². The topological polar surface area (TPSA) is 93.7 Å². The van der Waals surface area contributed by atoms with E-state index in [1.165, 1.54) is 25.3 Å². The largest absolute Gasteiger partial charge is 0.496 e. The lowest BCUT2D eigenvalue weighted by Crippen LogP contribution is -2.27. The second kappa shape index (κ2) is 9.74. The number of sulfonamides is 1. The molecule has 0 saturated carbocycles. The van der Waals surface area contributed by atoms with Crippen molar-refractivity contribution in [3.63, 3.8) is 0 Å². The van der Waals surface area contributed by atoms with Gasteiger partial charge in [0.25, 0.3) is 15.9 Å². The second-order valence-electron chi connectivity index (χ2n) is 7.27. The molecule has 1 amide bonds. The summed E-state index contributed by atoms with van der Waals surface area (Å²) in [4.78, 5) is 12.8. The summed E-state index contributed by atoms with van der Waals surface area (Å²) in [6.07, 6.45) is 0. The Morgan fingerprint density at radius 2 is 1.56 bits per heavy atom. The quantitative estimate of drug-likeness (QED) is 0.529. The molecule has 168 valence electrons. The van der Waals surface area contributed by atoms with Crippen molar-refractivity contribution >= 4 is 21.6 Å². The Morgan fingerprint density at radius 3 is 2.22 bits per heavy atom. The van der Waals surface area contributed by atoms with Crippen molar-refractivity contribution in [2.24, 2.45) is 0 Å². The summed E-state index contributed by atoms with van der Waals surface area (Å²) in [5.41, 5.74) is 2.42. The number of anilines is 1. The third-order valence-electron chi connectivity index (χ3n) is 4.97. The Balaban J connectivity index is 1.88. The van der Waals surface area contributed by atoms with Crippen LogP contribution >= 0.6 is 0 Å². The molecule has 1 atom stereocenters. The van der Waals surface area contributed by atoms with Crippen LogP contribution in [-0.4, -0.2) is 28.5 Å². The van der Waals surface area contributed by atoms with Crippen LogP contribution in [0.1, 0.15) is 34.5 Å². The van der Waals surface area contributed by atoms with E-state index < -0.39 is 15.9 Å². The lowest BCUT2D eigenvalue weighted by Gasteiger charge is -2.18. The van der Waals surface area contributed by atoms with Crippen LogP contribution in [0.3, 0.4) is 0 Å². The highest BCUT2D eigenvalue weighted by Crippen LogP contribution is 2.28. The molecule has 0 aliphatic heterocycles. The standard InChI is InChI=1S/C24H26N2O5S/c1-16-9-12-19(13-10-16)26-32(28,29)23-15-18(11-14-22(23)31-4)24(27)25-17(2)20-7-5-6-8-21(20)30-3/h5-15,17,26H,1-4H3,(H,25,27). The van der Waals surface area contributed by atoms with E-state index in [1.54, 1.807) is 31.4 Å².